The first-order valence-corrected chi connectivity index (χ1v) is 4.40. The van der Waals surface area contributed by atoms with Crippen LogP contribution in [0, 0.1) is 0 Å². The van der Waals surface area contributed by atoms with Gasteiger partial charge >= 0.3 is 0 Å². The predicted octanol–water partition coefficient (Wildman–Crippen LogP) is 2.43. The van der Waals surface area contributed by atoms with Gasteiger partial charge in [0.2, 0.25) is 0 Å². The van der Waals surface area contributed by atoms with Crippen molar-refractivity contribution in [2.45, 2.75) is 13.3 Å². The minimum Gasteiger partial charge on any atom is -0.424 e. The van der Waals surface area contributed by atoms with Crippen LogP contribution in [-0.2, 0) is 6.42 Å². The maximum absolute atomic E-state index is 5.39. The quantitative estimate of drug-likeness (QED) is 0.763. The zero-order chi connectivity index (χ0) is 9.26. The summed E-state index contributed by atoms with van der Waals surface area (Å²) in [6, 6.07) is 6.65. The van der Waals surface area contributed by atoms with E-state index < -0.39 is 0 Å². The predicted molar refractivity (Wildman–Crippen MR) is 52.9 cm³/mol. The Morgan fingerprint density at radius 1 is 1.46 bits per heavy atom. The summed E-state index contributed by atoms with van der Waals surface area (Å²) >= 11 is 0. The number of nitrogens with zero attached hydrogens (tertiary/aromatic N) is 1. The number of hydrogen-bond acceptors (Lipinski definition) is 3. The molecule has 0 amide bonds. The topological polar surface area (TPSA) is 38.1 Å². The van der Waals surface area contributed by atoms with Crippen molar-refractivity contribution in [3.05, 3.63) is 23.8 Å². The van der Waals surface area contributed by atoms with Crippen LogP contribution in [0.2, 0.25) is 0 Å². The molecule has 13 heavy (non-hydrogen) atoms. The summed E-state index contributed by atoms with van der Waals surface area (Å²) in [4.78, 5) is 4.26. The standard InChI is InChI=1S/C10H12N2O/c1-3-7-4-5-9-8(6-7)12-10(11-2)13-9/h4-6H,3H2,1-2H3,(H,11,12). The van der Waals surface area contributed by atoms with E-state index in [0.717, 1.165) is 17.5 Å². The highest BCUT2D eigenvalue weighted by Gasteiger charge is 2.03. The average molecular weight is 176 g/mol. The molecule has 1 N–H and O–H groups in total. The summed E-state index contributed by atoms with van der Waals surface area (Å²) in [5.74, 6) is 0. The lowest BCUT2D eigenvalue weighted by Gasteiger charge is -1.92. The van der Waals surface area contributed by atoms with E-state index in [1.807, 2.05) is 6.07 Å². The molecular formula is C10H12N2O. The third kappa shape index (κ3) is 1.37. The number of anilines is 1. The summed E-state index contributed by atoms with van der Waals surface area (Å²) in [5.41, 5.74) is 3.04. The third-order valence-electron chi connectivity index (χ3n) is 2.07. The first kappa shape index (κ1) is 8.10. The van der Waals surface area contributed by atoms with E-state index in [-0.39, 0.29) is 0 Å². The summed E-state index contributed by atoms with van der Waals surface area (Å²) < 4.78 is 5.39. The van der Waals surface area contributed by atoms with Crippen LogP contribution in [0.25, 0.3) is 11.1 Å². The molecule has 0 aliphatic rings. The Labute approximate surface area is 76.8 Å². The molecule has 0 spiro atoms. The van der Waals surface area contributed by atoms with Crippen molar-refractivity contribution in [1.82, 2.24) is 4.98 Å². The van der Waals surface area contributed by atoms with Gasteiger partial charge in [0.05, 0.1) is 0 Å². The molecule has 3 nitrogen and oxygen atoms in total. The van der Waals surface area contributed by atoms with Crippen molar-refractivity contribution >= 4 is 17.1 Å². The Bertz CT molecular complexity index is 418. The second-order valence-corrected chi connectivity index (χ2v) is 2.92. The molecule has 0 fully saturated rings. The van der Waals surface area contributed by atoms with Crippen LogP contribution in [0.1, 0.15) is 12.5 Å². The first-order chi connectivity index (χ1) is 6.33. The van der Waals surface area contributed by atoms with Gasteiger partial charge in [-0.3, -0.25) is 0 Å². The van der Waals surface area contributed by atoms with Crippen LogP contribution in [-0.4, -0.2) is 12.0 Å². The SMILES string of the molecule is CCc1ccc2oc(NC)nc2c1. The fourth-order valence-corrected chi connectivity index (χ4v) is 1.30. The highest BCUT2D eigenvalue weighted by molar-refractivity contribution is 5.75. The summed E-state index contributed by atoms with van der Waals surface area (Å²) in [6.07, 6.45) is 1.03. The second kappa shape index (κ2) is 3.09. The van der Waals surface area contributed by atoms with Gasteiger partial charge in [0.1, 0.15) is 5.52 Å². The van der Waals surface area contributed by atoms with E-state index in [4.69, 9.17) is 4.42 Å². The lowest BCUT2D eigenvalue weighted by molar-refractivity contribution is 0.620. The Hall–Kier alpha value is -1.51. The summed E-state index contributed by atoms with van der Waals surface area (Å²) in [5, 5.41) is 2.88. The van der Waals surface area contributed by atoms with E-state index in [0.29, 0.717) is 6.01 Å². The van der Waals surface area contributed by atoms with Crippen LogP contribution in [0.3, 0.4) is 0 Å². The molecule has 0 saturated carbocycles. The van der Waals surface area contributed by atoms with Gasteiger partial charge in [0, 0.05) is 7.05 Å². The Morgan fingerprint density at radius 2 is 2.31 bits per heavy atom. The van der Waals surface area contributed by atoms with Gasteiger partial charge < -0.3 is 9.73 Å². The molecule has 1 aromatic carbocycles. The minimum absolute atomic E-state index is 0.572. The van der Waals surface area contributed by atoms with Gasteiger partial charge in [-0.05, 0) is 24.1 Å². The molecule has 2 aromatic rings. The fourth-order valence-electron chi connectivity index (χ4n) is 1.30. The molecule has 0 aliphatic carbocycles. The number of hydrogen-bond donors (Lipinski definition) is 1. The van der Waals surface area contributed by atoms with Crippen LogP contribution in [0.15, 0.2) is 22.6 Å². The minimum atomic E-state index is 0.572. The molecule has 3 heteroatoms. The Morgan fingerprint density at radius 3 is 3.00 bits per heavy atom. The highest BCUT2D eigenvalue weighted by atomic mass is 16.4. The van der Waals surface area contributed by atoms with Gasteiger partial charge in [0.25, 0.3) is 6.01 Å². The lowest BCUT2D eigenvalue weighted by Crippen LogP contribution is -1.85. The second-order valence-electron chi connectivity index (χ2n) is 2.92. The smallest absolute Gasteiger partial charge is 0.295 e. The number of oxazole rings is 1. The molecule has 0 saturated heterocycles. The zero-order valence-corrected chi connectivity index (χ0v) is 7.79. The van der Waals surface area contributed by atoms with Crippen LogP contribution in [0.5, 0.6) is 0 Å². The number of fused-ring (bicyclic) bond motifs is 1. The van der Waals surface area contributed by atoms with Gasteiger partial charge in [-0.1, -0.05) is 13.0 Å². The number of rotatable bonds is 2. The van der Waals surface area contributed by atoms with Crippen molar-refractivity contribution in [2.24, 2.45) is 0 Å². The van der Waals surface area contributed by atoms with Crippen LogP contribution in [0.4, 0.5) is 6.01 Å². The number of aryl methyl sites for hydroxylation is 1. The molecular weight excluding hydrogens is 164 g/mol. The molecule has 0 bridgehead atoms. The number of benzene rings is 1. The van der Waals surface area contributed by atoms with Gasteiger partial charge in [0.15, 0.2) is 5.58 Å². The van der Waals surface area contributed by atoms with Crippen LogP contribution < -0.4 is 5.32 Å². The number of aromatic nitrogens is 1. The van der Waals surface area contributed by atoms with E-state index in [9.17, 15) is 0 Å². The molecule has 68 valence electrons. The van der Waals surface area contributed by atoms with Crippen molar-refractivity contribution in [3.63, 3.8) is 0 Å². The van der Waals surface area contributed by atoms with Crippen molar-refractivity contribution in [1.29, 1.82) is 0 Å². The molecule has 0 radical (unpaired) electrons. The molecule has 0 aliphatic heterocycles. The van der Waals surface area contributed by atoms with Gasteiger partial charge in [-0.15, -0.1) is 0 Å². The summed E-state index contributed by atoms with van der Waals surface area (Å²) in [6.45, 7) is 2.13. The molecule has 1 aromatic heterocycles. The fraction of sp³-hybridized carbons (Fsp3) is 0.300. The molecule has 1 heterocycles. The molecule has 2 rings (SSSR count). The number of nitrogens with one attached hydrogen (secondary N) is 1. The van der Waals surface area contributed by atoms with E-state index in [1.165, 1.54) is 5.56 Å². The normalized spacial score (nSPS) is 10.6. The van der Waals surface area contributed by atoms with Crippen molar-refractivity contribution in [3.8, 4) is 0 Å². The lowest BCUT2D eigenvalue weighted by atomic mass is 10.1. The Kier molecular flexibility index (Phi) is 1.93. The molecule has 0 atom stereocenters. The highest BCUT2D eigenvalue weighted by Crippen LogP contribution is 2.19. The van der Waals surface area contributed by atoms with Gasteiger partial charge in [-0.2, -0.15) is 4.98 Å². The van der Waals surface area contributed by atoms with Crippen molar-refractivity contribution < 1.29 is 4.42 Å². The molecule has 0 unspecified atom stereocenters. The van der Waals surface area contributed by atoms with Crippen LogP contribution >= 0.6 is 0 Å². The summed E-state index contributed by atoms with van der Waals surface area (Å²) in [7, 11) is 1.80. The monoisotopic (exact) mass is 176 g/mol. The first-order valence-electron chi connectivity index (χ1n) is 4.40. The zero-order valence-electron chi connectivity index (χ0n) is 7.79. The van der Waals surface area contributed by atoms with E-state index in [1.54, 1.807) is 7.05 Å². The van der Waals surface area contributed by atoms with Crippen molar-refractivity contribution in [2.75, 3.05) is 12.4 Å². The maximum Gasteiger partial charge on any atom is 0.295 e. The third-order valence-corrected chi connectivity index (χ3v) is 2.07. The average Bonchev–Trinajstić information content (AvgIpc) is 2.58. The maximum atomic E-state index is 5.39. The largest absolute Gasteiger partial charge is 0.424 e. The van der Waals surface area contributed by atoms with Gasteiger partial charge in [-0.25, -0.2) is 0 Å². The van der Waals surface area contributed by atoms with E-state index in [2.05, 4.69) is 29.4 Å². The Balaban J connectivity index is 2.57. The van der Waals surface area contributed by atoms with E-state index >= 15 is 0 Å².